The van der Waals surface area contributed by atoms with Crippen LogP contribution >= 0.6 is 0 Å². The van der Waals surface area contributed by atoms with Crippen LogP contribution in [-0.2, 0) is 21.1 Å². The molecule has 4 heteroatoms. The molecule has 1 aromatic heterocycles. The molecule has 0 spiro atoms. The third-order valence-electron chi connectivity index (χ3n) is 2.49. The Bertz CT molecular complexity index is 541. The van der Waals surface area contributed by atoms with Gasteiger partial charge in [0.15, 0.2) is 0 Å². The molecule has 0 fully saturated rings. The molecule has 0 N–H and O–H groups in total. The summed E-state index contributed by atoms with van der Waals surface area (Å²) in [5.74, 6) is -1.28. The number of aromatic nitrogens is 1. The number of hydrogen-bond acceptors (Lipinski definition) is 1. The van der Waals surface area contributed by atoms with Crippen LogP contribution in [0.1, 0.15) is 11.1 Å². The van der Waals surface area contributed by atoms with E-state index in [1.807, 2.05) is 13.8 Å². The molecular formula is C13H10F2NPt-. The normalized spacial score (nSPS) is 9.88. The molecule has 0 amide bonds. The van der Waals surface area contributed by atoms with Gasteiger partial charge in [0.25, 0.3) is 0 Å². The van der Waals surface area contributed by atoms with Crippen LogP contribution in [0.15, 0.2) is 24.4 Å². The first-order valence-electron chi connectivity index (χ1n) is 4.88. The van der Waals surface area contributed by atoms with Crippen molar-refractivity contribution in [2.24, 2.45) is 0 Å². The molecule has 92 valence electrons. The van der Waals surface area contributed by atoms with Gasteiger partial charge < -0.3 is 4.98 Å². The van der Waals surface area contributed by atoms with Crippen LogP contribution in [-0.4, -0.2) is 4.98 Å². The average Bonchev–Trinajstić information content (AvgIpc) is 2.22. The molecule has 1 aromatic carbocycles. The van der Waals surface area contributed by atoms with E-state index in [-0.39, 0.29) is 26.6 Å². The van der Waals surface area contributed by atoms with E-state index in [2.05, 4.69) is 11.1 Å². The summed E-state index contributed by atoms with van der Waals surface area (Å²) < 4.78 is 26.2. The fourth-order valence-electron chi connectivity index (χ4n) is 1.40. The first kappa shape index (κ1) is 14.0. The van der Waals surface area contributed by atoms with Crippen LogP contribution in [0.4, 0.5) is 8.78 Å². The summed E-state index contributed by atoms with van der Waals surface area (Å²) in [6.45, 7) is 3.85. The summed E-state index contributed by atoms with van der Waals surface area (Å²) >= 11 is 0. The van der Waals surface area contributed by atoms with E-state index >= 15 is 0 Å². The van der Waals surface area contributed by atoms with Crippen molar-refractivity contribution in [3.05, 3.63) is 53.2 Å². The summed E-state index contributed by atoms with van der Waals surface area (Å²) in [6.07, 6.45) is 1.67. The van der Waals surface area contributed by atoms with Gasteiger partial charge in [0, 0.05) is 38.9 Å². The minimum absolute atomic E-state index is 0. The molecule has 0 bridgehead atoms. The maximum Gasteiger partial charge on any atom is 0.0408 e. The monoisotopic (exact) mass is 413 g/mol. The number of nitrogens with zero attached hydrogens (tertiary/aromatic N) is 1. The summed E-state index contributed by atoms with van der Waals surface area (Å²) in [5.41, 5.74) is 2.72. The van der Waals surface area contributed by atoms with Crippen LogP contribution in [0.5, 0.6) is 0 Å². The van der Waals surface area contributed by atoms with Crippen LogP contribution in [0, 0.1) is 31.5 Å². The van der Waals surface area contributed by atoms with Crippen molar-refractivity contribution in [2.75, 3.05) is 0 Å². The number of rotatable bonds is 1. The van der Waals surface area contributed by atoms with Gasteiger partial charge in [0.1, 0.15) is 0 Å². The Morgan fingerprint density at radius 1 is 1.12 bits per heavy atom. The second kappa shape index (κ2) is 5.50. The van der Waals surface area contributed by atoms with Crippen LogP contribution < -0.4 is 0 Å². The van der Waals surface area contributed by atoms with Crippen molar-refractivity contribution in [2.45, 2.75) is 13.8 Å². The molecule has 1 heterocycles. The fourth-order valence-corrected chi connectivity index (χ4v) is 1.40. The van der Waals surface area contributed by atoms with Gasteiger partial charge in [-0.25, -0.2) is 0 Å². The van der Waals surface area contributed by atoms with Crippen molar-refractivity contribution >= 4 is 0 Å². The maximum atomic E-state index is 13.5. The SMILES string of the molecule is Cc1cnc(-c2[c-]cc(F)cc2F)cc1C.[Pt]. The van der Waals surface area contributed by atoms with Gasteiger partial charge in [-0.05, 0) is 25.1 Å². The zero-order valence-electron chi connectivity index (χ0n) is 9.33. The van der Waals surface area contributed by atoms with E-state index in [0.29, 0.717) is 5.69 Å². The number of benzene rings is 1. The van der Waals surface area contributed by atoms with Crippen LogP contribution in [0.3, 0.4) is 0 Å². The van der Waals surface area contributed by atoms with Crippen LogP contribution in [0.2, 0.25) is 0 Å². The van der Waals surface area contributed by atoms with Gasteiger partial charge in [-0.1, -0.05) is 23.3 Å². The van der Waals surface area contributed by atoms with Crippen molar-refractivity contribution in [1.29, 1.82) is 0 Å². The van der Waals surface area contributed by atoms with Gasteiger partial charge in [0.2, 0.25) is 0 Å². The number of hydrogen-bond donors (Lipinski definition) is 0. The Kier molecular flexibility index (Phi) is 4.53. The molecule has 0 radical (unpaired) electrons. The molecular weight excluding hydrogens is 403 g/mol. The first-order valence-corrected chi connectivity index (χ1v) is 4.88. The van der Waals surface area contributed by atoms with E-state index in [1.165, 1.54) is 0 Å². The van der Waals surface area contributed by atoms with Gasteiger partial charge in [-0.2, -0.15) is 0 Å². The summed E-state index contributed by atoms with van der Waals surface area (Å²) in [6, 6.07) is 6.26. The Balaban J connectivity index is 0.00000144. The molecule has 0 atom stereocenters. The Labute approximate surface area is 113 Å². The maximum absolute atomic E-state index is 13.5. The van der Waals surface area contributed by atoms with Gasteiger partial charge in [-0.3, -0.25) is 8.78 Å². The van der Waals surface area contributed by atoms with Gasteiger partial charge in [0.05, 0.1) is 0 Å². The fraction of sp³-hybridized carbons (Fsp3) is 0.154. The van der Waals surface area contributed by atoms with E-state index in [4.69, 9.17) is 0 Å². The standard InChI is InChI=1S/C13H10F2N.Pt/c1-8-5-13(16-7-9(8)2)11-4-3-10(14)6-12(11)15;/h3,5-7H,1-2H3;/q-1;. The minimum Gasteiger partial charge on any atom is -0.304 e. The molecule has 0 aliphatic rings. The molecule has 2 rings (SSSR count). The zero-order chi connectivity index (χ0) is 11.7. The molecule has 0 saturated heterocycles. The Hall–Kier alpha value is -1.08. The average molecular weight is 413 g/mol. The quantitative estimate of drug-likeness (QED) is 0.653. The van der Waals surface area contributed by atoms with Crippen molar-refractivity contribution in [1.82, 2.24) is 4.98 Å². The predicted molar refractivity (Wildman–Crippen MR) is 57.9 cm³/mol. The Morgan fingerprint density at radius 3 is 2.41 bits per heavy atom. The van der Waals surface area contributed by atoms with Gasteiger partial charge in [-0.15, -0.1) is 12.1 Å². The van der Waals surface area contributed by atoms with Crippen molar-refractivity contribution < 1.29 is 29.8 Å². The molecule has 0 aliphatic carbocycles. The summed E-state index contributed by atoms with van der Waals surface area (Å²) in [7, 11) is 0. The summed E-state index contributed by atoms with van der Waals surface area (Å²) in [4.78, 5) is 4.11. The van der Waals surface area contributed by atoms with Crippen molar-refractivity contribution in [3.8, 4) is 11.3 Å². The number of halogens is 2. The zero-order valence-corrected chi connectivity index (χ0v) is 11.6. The largest absolute Gasteiger partial charge is 0.304 e. The van der Waals surface area contributed by atoms with E-state index in [9.17, 15) is 8.78 Å². The molecule has 0 saturated carbocycles. The third-order valence-corrected chi connectivity index (χ3v) is 2.49. The number of aryl methyl sites for hydroxylation is 2. The van der Waals surface area contributed by atoms with E-state index < -0.39 is 11.6 Å². The van der Waals surface area contributed by atoms with Crippen LogP contribution in [0.25, 0.3) is 11.3 Å². The summed E-state index contributed by atoms with van der Waals surface area (Å²) in [5, 5.41) is 0. The second-order valence-electron chi connectivity index (χ2n) is 3.69. The predicted octanol–water partition coefficient (Wildman–Crippen LogP) is 3.44. The molecule has 2 aromatic rings. The van der Waals surface area contributed by atoms with Crippen molar-refractivity contribution in [3.63, 3.8) is 0 Å². The topological polar surface area (TPSA) is 12.9 Å². The minimum atomic E-state index is -0.643. The second-order valence-corrected chi connectivity index (χ2v) is 3.69. The molecule has 1 nitrogen and oxygen atoms in total. The first-order chi connectivity index (χ1) is 7.58. The smallest absolute Gasteiger partial charge is 0.0408 e. The van der Waals surface area contributed by atoms with E-state index in [0.717, 1.165) is 23.3 Å². The molecule has 17 heavy (non-hydrogen) atoms. The molecule has 0 aliphatic heterocycles. The van der Waals surface area contributed by atoms with E-state index in [1.54, 1.807) is 12.3 Å². The number of pyridine rings is 1. The Morgan fingerprint density at radius 2 is 1.82 bits per heavy atom. The molecule has 0 unspecified atom stereocenters. The third kappa shape index (κ3) is 2.98. The van der Waals surface area contributed by atoms with Gasteiger partial charge >= 0.3 is 0 Å².